The van der Waals surface area contributed by atoms with Crippen LogP contribution in [0, 0.1) is 0 Å². The molecule has 0 rings (SSSR count). The summed E-state index contributed by atoms with van der Waals surface area (Å²) >= 11 is 0. The number of ketones is 1. The van der Waals surface area contributed by atoms with Crippen molar-refractivity contribution >= 4 is 29.5 Å². The number of esters is 2. The van der Waals surface area contributed by atoms with Gasteiger partial charge in [-0.05, 0) is 41.5 Å². The van der Waals surface area contributed by atoms with Crippen molar-refractivity contribution in [1.29, 1.82) is 0 Å². The zero-order valence-electron chi connectivity index (χ0n) is 27.3. The third-order valence-electron chi connectivity index (χ3n) is 3.78. The SMILES string of the molecule is CCC(=O)CC.CCNC(=O)CC.CCNC(=O)CC.CCOC(=O)CC.CCOC(=O)CC.CCOCC. The molecule has 10 nitrogen and oxygen atoms in total. The highest BCUT2D eigenvalue weighted by Gasteiger charge is 1.92. The molecule has 0 fully saturated rings. The fourth-order valence-electron chi connectivity index (χ4n) is 1.62. The van der Waals surface area contributed by atoms with Crippen LogP contribution in [0.2, 0.25) is 0 Å². The first kappa shape index (κ1) is 49.5. The lowest BCUT2D eigenvalue weighted by molar-refractivity contribution is -0.143. The van der Waals surface area contributed by atoms with Crippen molar-refractivity contribution in [1.82, 2.24) is 10.6 Å². The molecule has 0 bridgehead atoms. The van der Waals surface area contributed by atoms with Crippen LogP contribution in [0.3, 0.4) is 0 Å². The number of amides is 2. The van der Waals surface area contributed by atoms with Gasteiger partial charge in [0.05, 0.1) is 13.2 Å². The van der Waals surface area contributed by atoms with Gasteiger partial charge in [-0.15, -0.1) is 0 Å². The van der Waals surface area contributed by atoms with Crippen LogP contribution in [-0.4, -0.2) is 69.1 Å². The molecule has 0 unspecified atom stereocenters. The molecule has 0 heterocycles. The van der Waals surface area contributed by atoms with Crippen LogP contribution in [-0.2, 0) is 38.2 Å². The molecule has 0 aliphatic rings. The van der Waals surface area contributed by atoms with Crippen molar-refractivity contribution in [3.05, 3.63) is 0 Å². The van der Waals surface area contributed by atoms with E-state index in [1.807, 2.05) is 55.4 Å². The van der Waals surface area contributed by atoms with Gasteiger partial charge >= 0.3 is 11.9 Å². The predicted octanol–water partition coefficient (Wildman–Crippen LogP) is 5.40. The molecule has 10 heteroatoms. The van der Waals surface area contributed by atoms with Gasteiger partial charge < -0.3 is 24.8 Å². The van der Waals surface area contributed by atoms with E-state index in [9.17, 15) is 24.0 Å². The summed E-state index contributed by atoms with van der Waals surface area (Å²) in [7, 11) is 0. The van der Waals surface area contributed by atoms with E-state index in [-0.39, 0.29) is 23.8 Å². The second kappa shape index (κ2) is 48.6. The number of carbonyl (C=O) groups excluding carboxylic acids is 5. The second-order valence-electron chi connectivity index (χ2n) is 6.96. The van der Waals surface area contributed by atoms with Gasteiger partial charge in [0.25, 0.3) is 0 Å². The minimum Gasteiger partial charge on any atom is -0.466 e. The highest BCUT2D eigenvalue weighted by atomic mass is 16.5. The quantitative estimate of drug-likeness (QED) is 0.300. The standard InChI is InChI=1S/2C5H11NO.2C5H10O2.C5H10O.C4H10O/c2*1-3-5(7)6-4-2;2*1-3-5(6)7-4-2;1-3-5(6)4-2;1-3-5-4-2/h2*3-4H2,1-2H3,(H,6,7);2*3-4H2,1-2H3;3-4H2,1-2H3;3-4H2,1-2H3. The Balaban J connectivity index is -0.0000000841. The molecule has 0 radical (unpaired) electrons. The van der Waals surface area contributed by atoms with E-state index in [0.717, 1.165) is 26.3 Å². The molecule has 0 aromatic heterocycles. The molecule has 0 atom stereocenters. The Labute approximate surface area is 239 Å². The van der Waals surface area contributed by atoms with Crippen LogP contribution < -0.4 is 10.6 Å². The Morgan fingerprint density at radius 3 is 0.795 bits per heavy atom. The number of rotatable bonds is 12. The van der Waals surface area contributed by atoms with Gasteiger partial charge in [-0.1, -0.05) is 41.5 Å². The number of ether oxygens (including phenoxy) is 3. The van der Waals surface area contributed by atoms with Gasteiger partial charge in [0.1, 0.15) is 5.78 Å². The van der Waals surface area contributed by atoms with Crippen LogP contribution in [0.5, 0.6) is 0 Å². The van der Waals surface area contributed by atoms with E-state index in [4.69, 9.17) is 4.74 Å². The molecule has 0 saturated carbocycles. The van der Waals surface area contributed by atoms with Crippen LogP contribution in [0.25, 0.3) is 0 Å². The lowest BCUT2D eigenvalue weighted by Gasteiger charge is -1.93. The van der Waals surface area contributed by atoms with Gasteiger partial charge in [-0.3, -0.25) is 24.0 Å². The number of hydrogen-bond donors (Lipinski definition) is 2. The minimum atomic E-state index is -0.123. The van der Waals surface area contributed by atoms with Gasteiger partial charge in [0.15, 0.2) is 0 Å². The van der Waals surface area contributed by atoms with Crippen LogP contribution in [0.1, 0.15) is 122 Å². The minimum absolute atomic E-state index is 0.123. The molecule has 0 aromatic rings. The summed E-state index contributed by atoms with van der Waals surface area (Å²) in [4.78, 5) is 51.2. The number of hydrogen-bond acceptors (Lipinski definition) is 8. The zero-order chi connectivity index (χ0) is 31.9. The van der Waals surface area contributed by atoms with Crippen molar-refractivity contribution in [2.45, 2.75) is 122 Å². The van der Waals surface area contributed by atoms with E-state index < -0.39 is 0 Å². The molecule has 0 aliphatic heterocycles. The maximum atomic E-state index is 10.3. The fraction of sp³-hybridized carbons (Fsp3) is 0.828. The average molecular weight is 567 g/mol. The number of carbonyl (C=O) groups is 5. The summed E-state index contributed by atoms with van der Waals surface area (Å²) in [6, 6.07) is 0. The molecule has 0 saturated heterocycles. The lowest BCUT2D eigenvalue weighted by atomic mass is 10.3. The van der Waals surface area contributed by atoms with Crippen molar-refractivity contribution < 1.29 is 38.2 Å². The Morgan fingerprint density at radius 2 is 0.744 bits per heavy atom. The Kier molecular flexibility index (Phi) is 61.6. The van der Waals surface area contributed by atoms with Crippen molar-refractivity contribution in [3.63, 3.8) is 0 Å². The predicted molar refractivity (Wildman–Crippen MR) is 160 cm³/mol. The molecule has 0 aliphatic carbocycles. The third-order valence-corrected chi connectivity index (χ3v) is 3.78. The normalized spacial score (nSPS) is 8.31. The molecule has 0 aromatic carbocycles. The molecular formula is C29H62N2O8. The molecular weight excluding hydrogens is 504 g/mol. The summed E-state index contributed by atoms with van der Waals surface area (Å²) in [6.07, 6.45) is 3.52. The third kappa shape index (κ3) is 72.1. The molecule has 39 heavy (non-hydrogen) atoms. The Bertz CT molecular complexity index is 461. The van der Waals surface area contributed by atoms with Gasteiger partial charge in [0, 0.05) is 64.8 Å². The van der Waals surface area contributed by atoms with Gasteiger partial charge in [-0.2, -0.15) is 0 Å². The Morgan fingerprint density at radius 1 is 0.436 bits per heavy atom. The first-order valence-electron chi connectivity index (χ1n) is 14.4. The average Bonchev–Trinajstić information content (AvgIpc) is 2.95. The molecule has 2 amide bonds. The highest BCUT2D eigenvalue weighted by Crippen LogP contribution is 1.83. The summed E-state index contributed by atoms with van der Waals surface area (Å²) in [5.74, 6) is 0.352. The smallest absolute Gasteiger partial charge is 0.305 e. The maximum Gasteiger partial charge on any atom is 0.305 e. The molecule has 2 N–H and O–H groups in total. The van der Waals surface area contributed by atoms with Gasteiger partial charge in [-0.25, -0.2) is 0 Å². The fourth-order valence-corrected chi connectivity index (χ4v) is 1.62. The van der Waals surface area contributed by atoms with Crippen molar-refractivity contribution in [3.8, 4) is 0 Å². The molecule has 0 spiro atoms. The van der Waals surface area contributed by atoms with E-state index in [1.54, 1.807) is 27.7 Å². The number of nitrogens with one attached hydrogen (secondary N) is 2. The zero-order valence-corrected chi connectivity index (χ0v) is 27.3. The van der Waals surface area contributed by atoms with E-state index in [1.165, 1.54) is 0 Å². The first-order chi connectivity index (χ1) is 18.5. The highest BCUT2D eigenvalue weighted by molar-refractivity contribution is 5.77. The summed E-state index contributed by atoms with van der Waals surface area (Å²) in [5, 5.41) is 5.31. The lowest BCUT2D eigenvalue weighted by Crippen LogP contribution is -2.20. The topological polar surface area (TPSA) is 137 Å². The van der Waals surface area contributed by atoms with Crippen LogP contribution in [0.15, 0.2) is 0 Å². The largest absolute Gasteiger partial charge is 0.466 e. The van der Waals surface area contributed by atoms with Crippen molar-refractivity contribution in [2.24, 2.45) is 0 Å². The first-order valence-corrected chi connectivity index (χ1v) is 14.4. The summed E-state index contributed by atoms with van der Waals surface area (Å²) in [5.41, 5.74) is 0. The molecule has 236 valence electrons. The van der Waals surface area contributed by atoms with E-state index >= 15 is 0 Å². The van der Waals surface area contributed by atoms with Crippen LogP contribution in [0.4, 0.5) is 0 Å². The second-order valence-corrected chi connectivity index (χ2v) is 6.96. The Hall–Kier alpha value is -2.49. The van der Waals surface area contributed by atoms with Crippen molar-refractivity contribution in [2.75, 3.05) is 39.5 Å². The van der Waals surface area contributed by atoms with E-state index in [0.29, 0.717) is 57.5 Å². The van der Waals surface area contributed by atoms with Gasteiger partial charge in [0.2, 0.25) is 11.8 Å². The van der Waals surface area contributed by atoms with E-state index in [2.05, 4.69) is 20.1 Å². The van der Waals surface area contributed by atoms with Crippen LogP contribution >= 0.6 is 0 Å². The summed E-state index contributed by atoms with van der Waals surface area (Å²) < 4.78 is 13.9. The maximum absolute atomic E-state index is 10.3. The number of Topliss-reactive ketones (excluding diaryl/α,β-unsaturated/α-hetero) is 1. The summed E-state index contributed by atoms with van der Waals surface area (Å²) in [6.45, 7) is 26.5. The monoisotopic (exact) mass is 566 g/mol.